The fraction of sp³-hybridized carbons (Fsp3) is 0.278. The minimum atomic E-state index is -1.47. The van der Waals surface area contributed by atoms with E-state index in [0.717, 1.165) is 0 Å². The number of alkyl halides is 4. The molecule has 2 aromatic rings. The first kappa shape index (κ1) is 20.5. The quantitative estimate of drug-likeness (QED) is 0.242. The van der Waals surface area contributed by atoms with Gasteiger partial charge in [-0.3, -0.25) is 4.79 Å². The van der Waals surface area contributed by atoms with Crippen LogP contribution in [0.25, 0.3) is 0 Å². The van der Waals surface area contributed by atoms with Gasteiger partial charge in [-0.1, -0.05) is 75.4 Å². The Morgan fingerprint density at radius 1 is 1.15 bits per heavy atom. The molecule has 140 valence electrons. The van der Waals surface area contributed by atoms with E-state index in [1.54, 1.807) is 47.6 Å². The zero-order valence-electron chi connectivity index (χ0n) is 13.9. The Balaban J connectivity index is 1.62. The molecule has 1 atom stereocenters. The minimum Gasteiger partial charge on any atom is -0.327 e. The number of amides is 1. The first-order chi connectivity index (χ1) is 12.8. The Hall–Kier alpha value is -1.27. The summed E-state index contributed by atoms with van der Waals surface area (Å²) in [4.78, 5) is 24.8. The van der Waals surface area contributed by atoms with Gasteiger partial charge in [-0.2, -0.15) is 0 Å². The Labute approximate surface area is 186 Å². The molecule has 27 heavy (non-hydrogen) atoms. The summed E-state index contributed by atoms with van der Waals surface area (Å²) in [7, 11) is 0. The van der Waals surface area contributed by atoms with Gasteiger partial charge in [0.15, 0.2) is 0 Å². The highest BCUT2D eigenvalue weighted by molar-refractivity contribution is 14.1. The third kappa shape index (κ3) is 5.38. The van der Waals surface area contributed by atoms with Gasteiger partial charge in [-0.15, -0.1) is 0 Å². The van der Waals surface area contributed by atoms with Crippen molar-refractivity contribution < 1.29 is 4.79 Å². The molecule has 3 rings (SSSR count). The monoisotopic (exact) mass is 534 g/mol. The zero-order valence-corrected chi connectivity index (χ0v) is 18.4. The van der Waals surface area contributed by atoms with Crippen LogP contribution in [0.4, 0.5) is 5.95 Å². The van der Waals surface area contributed by atoms with Gasteiger partial charge in [0, 0.05) is 42.5 Å². The van der Waals surface area contributed by atoms with Crippen LogP contribution in [-0.2, 0) is 8.59 Å². The topological polar surface area (TPSA) is 49.3 Å². The van der Waals surface area contributed by atoms with Crippen LogP contribution in [0.2, 0.25) is 0 Å². The summed E-state index contributed by atoms with van der Waals surface area (Å²) in [6.45, 7) is 1.78. The molecule has 1 aliphatic rings. The van der Waals surface area contributed by atoms with Crippen LogP contribution in [-0.4, -0.2) is 44.5 Å². The average molecular weight is 536 g/mol. The number of rotatable bonds is 1. The fourth-order valence-corrected chi connectivity index (χ4v) is 3.92. The van der Waals surface area contributed by atoms with E-state index < -0.39 is 3.79 Å². The summed E-state index contributed by atoms with van der Waals surface area (Å²) in [5.41, 5.74) is 1.24. The second-order valence-corrected chi connectivity index (χ2v) is 9.47. The van der Waals surface area contributed by atoms with Crippen LogP contribution >= 0.6 is 57.4 Å². The number of piperazine rings is 1. The molecule has 1 fully saturated rings. The van der Waals surface area contributed by atoms with E-state index in [0.29, 0.717) is 36.7 Å². The number of carbonyl (C=O) groups excluding carboxylic acids is 1. The van der Waals surface area contributed by atoms with Crippen LogP contribution in [0.3, 0.4) is 0 Å². The maximum Gasteiger partial charge on any atom is 0.298 e. The molecular weight excluding hydrogens is 521 g/mol. The lowest BCUT2D eigenvalue weighted by atomic mass is 10.1. The van der Waals surface area contributed by atoms with Crippen molar-refractivity contribution in [3.05, 3.63) is 53.9 Å². The summed E-state index contributed by atoms with van der Waals surface area (Å²) in [6.07, 6.45) is 3.42. The SMILES string of the molecule is O=C(C#Cc1ccc(C(Cl)(Cl)Cl)cc1)N1CCN(c2ncccn2)C(I)C1. The van der Waals surface area contributed by atoms with Gasteiger partial charge >= 0.3 is 0 Å². The smallest absolute Gasteiger partial charge is 0.298 e. The first-order valence-corrected chi connectivity index (χ1v) is 10.4. The fourth-order valence-electron chi connectivity index (χ4n) is 2.54. The molecule has 1 aromatic heterocycles. The summed E-state index contributed by atoms with van der Waals surface area (Å²) < 4.78 is -1.40. The number of halogens is 4. The molecule has 5 nitrogen and oxygen atoms in total. The Morgan fingerprint density at radius 2 is 1.81 bits per heavy atom. The summed E-state index contributed by atoms with van der Waals surface area (Å²) in [6, 6.07) is 8.59. The molecule has 0 N–H and O–H groups in total. The van der Waals surface area contributed by atoms with Crippen LogP contribution in [0.5, 0.6) is 0 Å². The summed E-state index contributed by atoms with van der Waals surface area (Å²) in [5.74, 6) is 6.01. The average Bonchev–Trinajstić information content (AvgIpc) is 2.66. The van der Waals surface area contributed by atoms with E-state index >= 15 is 0 Å². The third-order valence-corrected chi connectivity index (χ3v) is 5.66. The molecule has 1 saturated heterocycles. The Morgan fingerprint density at radius 3 is 2.41 bits per heavy atom. The van der Waals surface area contributed by atoms with Gasteiger partial charge < -0.3 is 9.80 Å². The van der Waals surface area contributed by atoms with Crippen molar-refractivity contribution in [1.29, 1.82) is 0 Å². The van der Waals surface area contributed by atoms with E-state index in [-0.39, 0.29) is 9.96 Å². The van der Waals surface area contributed by atoms with Gasteiger partial charge in [-0.25, -0.2) is 9.97 Å². The summed E-state index contributed by atoms with van der Waals surface area (Å²) >= 11 is 19.8. The molecular formula is C18H14Cl3IN4O. The normalized spacial score (nSPS) is 17.3. The highest BCUT2D eigenvalue weighted by Crippen LogP contribution is 2.37. The van der Waals surface area contributed by atoms with Crippen molar-refractivity contribution in [1.82, 2.24) is 14.9 Å². The maximum absolute atomic E-state index is 12.4. The third-order valence-electron chi connectivity index (χ3n) is 3.94. The summed E-state index contributed by atoms with van der Waals surface area (Å²) in [5, 5.41) is 0. The van der Waals surface area contributed by atoms with Crippen molar-refractivity contribution in [2.75, 3.05) is 24.5 Å². The van der Waals surface area contributed by atoms with Gasteiger partial charge in [0.1, 0.15) is 4.05 Å². The van der Waals surface area contributed by atoms with Crippen molar-refractivity contribution in [3.63, 3.8) is 0 Å². The van der Waals surface area contributed by atoms with Crippen molar-refractivity contribution in [3.8, 4) is 11.8 Å². The predicted octanol–water partition coefficient (Wildman–Crippen LogP) is 3.76. The van der Waals surface area contributed by atoms with Gasteiger partial charge in [0.25, 0.3) is 5.91 Å². The predicted molar refractivity (Wildman–Crippen MR) is 116 cm³/mol. The molecule has 0 saturated carbocycles. The van der Waals surface area contributed by atoms with Gasteiger partial charge in [0.05, 0.1) is 6.54 Å². The maximum atomic E-state index is 12.4. The molecule has 0 bridgehead atoms. The second-order valence-electron chi connectivity index (χ2n) is 5.75. The van der Waals surface area contributed by atoms with E-state index in [1.165, 1.54) is 0 Å². The number of carbonyl (C=O) groups is 1. The molecule has 1 amide bonds. The highest BCUT2D eigenvalue weighted by atomic mass is 127. The number of nitrogens with zero attached hydrogens (tertiary/aromatic N) is 4. The van der Waals surface area contributed by atoms with Gasteiger partial charge in [0.2, 0.25) is 9.74 Å². The first-order valence-electron chi connectivity index (χ1n) is 8.00. The lowest BCUT2D eigenvalue weighted by molar-refractivity contribution is -0.125. The van der Waals surface area contributed by atoms with Gasteiger partial charge in [-0.05, 0) is 18.2 Å². The number of benzene rings is 1. The van der Waals surface area contributed by atoms with Crippen LogP contribution in [0, 0.1) is 11.8 Å². The number of hydrogen-bond donors (Lipinski definition) is 0. The van der Waals surface area contributed by atoms with E-state index in [9.17, 15) is 4.79 Å². The van der Waals surface area contributed by atoms with Crippen molar-refractivity contribution in [2.45, 2.75) is 7.84 Å². The molecule has 1 unspecified atom stereocenters. The molecule has 1 aliphatic heterocycles. The molecule has 0 aliphatic carbocycles. The molecule has 9 heteroatoms. The highest BCUT2D eigenvalue weighted by Gasteiger charge is 2.28. The lowest BCUT2D eigenvalue weighted by Crippen LogP contribution is -2.52. The standard InChI is InChI=1S/C18H14Cl3IN4O/c19-18(20,21)14-5-2-13(3-6-14)4-7-16(27)25-10-11-26(15(22)12-25)17-23-8-1-9-24-17/h1-3,5-6,8-9,15H,10-12H2. The zero-order chi connectivity index (χ0) is 19.4. The van der Waals surface area contributed by atoms with E-state index in [2.05, 4.69) is 49.3 Å². The second kappa shape index (κ2) is 8.82. The number of hydrogen-bond acceptors (Lipinski definition) is 4. The largest absolute Gasteiger partial charge is 0.327 e. The molecule has 0 spiro atoms. The lowest BCUT2D eigenvalue weighted by Gasteiger charge is -2.37. The van der Waals surface area contributed by atoms with Crippen LogP contribution in [0.15, 0.2) is 42.7 Å². The Kier molecular flexibility index (Phi) is 6.69. The van der Waals surface area contributed by atoms with Crippen molar-refractivity contribution >= 4 is 69.2 Å². The number of aromatic nitrogens is 2. The number of anilines is 1. The molecule has 1 aromatic carbocycles. The van der Waals surface area contributed by atoms with E-state index in [4.69, 9.17) is 34.8 Å². The molecule has 0 radical (unpaired) electrons. The van der Waals surface area contributed by atoms with E-state index in [1.807, 2.05) is 0 Å². The molecule has 2 heterocycles. The van der Waals surface area contributed by atoms with Crippen molar-refractivity contribution in [2.24, 2.45) is 0 Å². The van der Waals surface area contributed by atoms with Crippen LogP contribution in [0.1, 0.15) is 11.1 Å². The minimum absolute atomic E-state index is 0.0769. The Bertz CT molecular complexity index is 862. The van der Waals surface area contributed by atoms with Crippen LogP contribution < -0.4 is 4.90 Å².